The summed E-state index contributed by atoms with van der Waals surface area (Å²) in [4.78, 5) is 25.9. The lowest BCUT2D eigenvalue weighted by Gasteiger charge is -2.24. The first-order chi connectivity index (χ1) is 26.0. The molecule has 6 heteroatoms. The number of unbranched alkanes of at least 4 members (excludes halogenated alkanes) is 15. The van der Waals surface area contributed by atoms with Crippen molar-refractivity contribution in [2.24, 2.45) is 0 Å². The van der Waals surface area contributed by atoms with Crippen LogP contribution < -0.4 is 5.32 Å². The van der Waals surface area contributed by atoms with Crippen molar-refractivity contribution in [3.63, 3.8) is 0 Å². The molecule has 0 aromatic carbocycles. The van der Waals surface area contributed by atoms with Crippen LogP contribution in [0, 0.1) is 0 Å². The Morgan fingerprint density at radius 2 is 1.02 bits per heavy atom. The molecule has 0 radical (unpaired) electrons. The normalized spacial score (nSPS) is 14.3. The second-order valence-corrected chi connectivity index (χ2v) is 14.1. The molecule has 3 N–H and O–H groups in total. The molecule has 53 heavy (non-hydrogen) atoms. The Bertz CT molecular complexity index is 1050. The molecule has 0 heterocycles. The van der Waals surface area contributed by atoms with Gasteiger partial charge < -0.3 is 20.3 Å². The van der Waals surface area contributed by atoms with Gasteiger partial charge in [-0.15, -0.1) is 0 Å². The molecule has 0 saturated carbocycles. The van der Waals surface area contributed by atoms with E-state index in [0.29, 0.717) is 19.3 Å². The van der Waals surface area contributed by atoms with Crippen molar-refractivity contribution in [1.29, 1.82) is 0 Å². The van der Waals surface area contributed by atoms with E-state index in [9.17, 15) is 19.8 Å². The highest BCUT2D eigenvalue weighted by molar-refractivity contribution is 5.77. The minimum Gasteiger partial charge on any atom is -0.462 e. The lowest BCUT2D eigenvalue weighted by Crippen LogP contribution is -2.46. The third-order valence-corrected chi connectivity index (χ3v) is 9.13. The Labute approximate surface area is 325 Å². The Kier molecular flexibility index (Phi) is 38.0. The fraction of sp³-hybridized carbons (Fsp3) is 0.660. The average Bonchev–Trinajstić information content (AvgIpc) is 3.15. The first kappa shape index (κ1) is 50.0. The zero-order valence-corrected chi connectivity index (χ0v) is 34.1. The smallest absolute Gasteiger partial charge is 0.306 e. The number of carbonyl (C=O) groups is 2. The molecule has 0 aliphatic rings. The third-order valence-electron chi connectivity index (χ3n) is 9.13. The summed E-state index contributed by atoms with van der Waals surface area (Å²) in [6.07, 6.45) is 50.7. The van der Waals surface area contributed by atoms with Gasteiger partial charge in [0.25, 0.3) is 0 Å². The molecule has 1 amide bonds. The molecule has 3 atom stereocenters. The second-order valence-electron chi connectivity index (χ2n) is 14.1. The summed E-state index contributed by atoms with van der Waals surface area (Å²) in [6, 6.07) is -0.723. The van der Waals surface area contributed by atoms with Gasteiger partial charge >= 0.3 is 5.97 Å². The summed E-state index contributed by atoms with van der Waals surface area (Å²) >= 11 is 0. The minimum atomic E-state index is -0.805. The first-order valence-electron chi connectivity index (χ1n) is 21.4. The Morgan fingerprint density at radius 1 is 0.566 bits per heavy atom. The highest BCUT2D eigenvalue weighted by Gasteiger charge is 2.24. The van der Waals surface area contributed by atoms with Crippen LogP contribution in [0.15, 0.2) is 85.1 Å². The Morgan fingerprint density at radius 3 is 1.55 bits per heavy atom. The van der Waals surface area contributed by atoms with Crippen LogP contribution in [-0.2, 0) is 14.3 Å². The molecule has 0 fully saturated rings. The maximum atomic E-state index is 13.1. The first-order valence-corrected chi connectivity index (χ1v) is 21.4. The van der Waals surface area contributed by atoms with Crippen molar-refractivity contribution in [1.82, 2.24) is 5.32 Å². The van der Waals surface area contributed by atoms with Gasteiger partial charge in [0.15, 0.2) is 0 Å². The van der Waals surface area contributed by atoms with Crippen LogP contribution >= 0.6 is 0 Å². The molecule has 0 aromatic heterocycles. The topological polar surface area (TPSA) is 95.9 Å². The van der Waals surface area contributed by atoms with Crippen LogP contribution in [0.2, 0.25) is 0 Å². The van der Waals surface area contributed by atoms with E-state index in [1.165, 1.54) is 44.9 Å². The summed E-state index contributed by atoms with van der Waals surface area (Å²) in [5.41, 5.74) is 0. The molecule has 0 aliphatic carbocycles. The van der Waals surface area contributed by atoms with E-state index < -0.39 is 18.2 Å². The largest absolute Gasteiger partial charge is 0.462 e. The summed E-state index contributed by atoms with van der Waals surface area (Å²) in [7, 11) is 0. The zero-order valence-electron chi connectivity index (χ0n) is 34.1. The fourth-order valence-corrected chi connectivity index (χ4v) is 5.91. The highest BCUT2D eigenvalue weighted by Crippen LogP contribution is 2.16. The molecule has 3 unspecified atom stereocenters. The number of allylic oxidation sites excluding steroid dienone is 14. The summed E-state index contributed by atoms with van der Waals surface area (Å²) in [5, 5.41) is 23.5. The van der Waals surface area contributed by atoms with E-state index in [2.05, 4.69) is 68.6 Å². The maximum Gasteiger partial charge on any atom is 0.306 e. The van der Waals surface area contributed by atoms with Crippen LogP contribution in [-0.4, -0.2) is 46.9 Å². The number of nitrogens with one attached hydrogen (secondary N) is 1. The van der Waals surface area contributed by atoms with Crippen LogP contribution in [0.25, 0.3) is 0 Å². The van der Waals surface area contributed by atoms with Gasteiger partial charge in [0.1, 0.15) is 6.10 Å². The molecule has 0 spiro atoms. The monoisotopic (exact) mass is 738 g/mol. The predicted molar refractivity (Wildman–Crippen MR) is 227 cm³/mol. The van der Waals surface area contributed by atoms with Gasteiger partial charge in [0, 0.05) is 6.42 Å². The number of aliphatic hydroxyl groups is 2. The maximum absolute atomic E-state index is 13.1. The molecule has 0 aliphatic heterocycles. The standard InChI is InChI=1S/C47H79NO5/c1-4-7-10-13-16-19-22-23-25-28-31-34-37-40-47(52)53-43(38-35-32-29-26-24-20-17-14-11-8-5-2)41-46(51)48-44(42-49)45(50)39-36-33-30-27-21-18-15-12-9-6-3/h7-8,10-11,13-14,16-17,19-20,22-25,43-45,49-50H,4-6,9,12,15,18,21,26-42H2,1-3H3,(H,48,51)/b10-7+,11-8+,16-13+,17-14+,22-19-,24-20-,25-23-. The van der Waals surface area contributed by atoms with Crippen molar-refractivity contribution in [2.45, 2.75) is 193 Å². The molecular weight excluding hydrogens is 659 g/mol. The van der Waals surface area contributed by atoms with Gasteiger partial charge in [0.05, 0.1) is 25.2 Å². The van der Waals surface area contributed by atoms with E-state index in [0.717, 1.165) is 83.5 Å². The number of rotatable bonds is 36. The van der Waals surface area contributed by atoms with Gasteiger partial charge in [-0.25, -0.2) is 0 Å². The molecule has 302 valence electrons. The average molecular weight is 738 g/mol. The lowest BCUT2D eigenvalue weighted by molar-refractivity contribution is -0.151. The van der Waals surface area contributed by atoms with Crippen molar-refractivity contribution in [3.8, 4) is 0 Å². The van der Waals surface area contributed by atoms with Crippen molar-refractivity contribution >= 4 is 11.9 Å². The molecule has 0 aromatic rings. The van der Waals surface area contributed by atoms with E-state index >= 15 is 0 Å². The fourth-order valence-electron chi connectivity index (χ4n) is 5.91. The lowest BCUT2D eigenvalue weighted by atomic mass is 10.0. The number of hydrogen-bond acceptors (Lipinski definition) is 5. The molecule has 0 bridgehead atoms. The van der Waals surface area contributed by atoms with Crippen LogP contribution in [0.5, 0.6) is 0 Å². The summed E-state index contributed by atoms with van der Waals surface area (Å²) in [6.45, 7) is 6.14. The van der Waals surface area contributed by atoms with Gasteiger partial charge in [0.2, 0.25) is 5.91 Å². The zero-order chi connectivity index (χ0) is 38.9. The van der Waals surface area contributed by atoms with Gasteiger partial charge in [-0.05, 0) is 64.2 Å². The molecule has 0 rings (SSSR count). The molecule has 6 nitrogen and oxygen atoms in total. The number of aliphatic hydroxyl groups excluding tert-OH is 2. The SMILES string of the molecule is CC/C=C/C=C/C=C\C=C/CCCCCC(=O)OC(CCCCC\C=C/C=C/C=C/CC)CC(=O)NC(CO)C(O)CCCCCCCCCCCC. The minimum absolute atomic E-state index is 0.0333. The van der Waals surface area contributed by atoms with Crippen LogP contribution in [0.4, 0.5) is 0 Å². The molecule has 0 saturated heterocycles. The molecular formula is C47H79NO5. The number of amides is 1. The number of ether oxygens (including phenoxy) is 1. The Balaban J connectivity index is 4.75. The van der Waals surface area contributed by atoms with E-state index in [1.807, 2.05) is 42.5 Å². The quantitative estimate of drug-likeness (QED) is 0.0338. The Hall–Kier alpha value is -2.96. The predicted octanol–water partition coefficient (Wildman–Crippen LogP) is 12.1. The van der Waals surface area contributed by atoms with E-state index in [-0.39, 0.29) is 24.9 Å². The number of hydrogen-bond donors (Lipinski definition) is 3. The van der Waals surface area contributed by atoms with Crippen LogP contribution in [0.1, 0.15) is 175 Å². The number of carbonyl (C=O) groups excluding carboxylic acids is 2. The van der Waals surface area contributed by atoms with Crippen molar-refractivity contribution < 1.29 is 24.5 Å². The second kappa shape index (κ2) is 40.2. The van der Waals surface area contributed by atoms with Gasteiger partial charge in [-0.1, -0.05) is 183 Å². The van der Waals surface area contributed by atoms with Gasteiger partial charge in [-0.2, -0.15) is 0 Å². The summed E-state index contributed by atoms with van der Waals surface area (Å²) in [5.74, 6) is -0.568. The highest BCUT2D eigenvalue weighted by atomic mass is 16.5. The van der Waals surface area contributed by atoms with Gasteiger partial charge in [-0.3, -0.25) is 9.59 Å². The van der Waals surface area contributed by atoms with Crippen LogP contribution in [0.3, 0.4) is 0 Å². The van der Waals surface area contributed by atoms with Crippen molar-refractivity contribution in [2.75, 3.05) is 6.61 Å². The van der Waals surface area contributed by atoms with E-state index in [1.54, 1.807) is 0 Å². The third kappa shape index (κ3) is 35.8. The van der Waals surface area contributed by atoms with E-state index in [4.69, 9.17) is 4.74 Å². The summed E-state index contributed by atoms with van der Waals surface area (Å²) < 4.78 is 5.85. The van der Waals surface area contributed by atoms with Crippen molar-refractivity contribution in [3.05, 3.63) is 85.1 Å². The number of esters is 1.